The van der Waals surface area contributed by atoms with Crippen molar-refractivity contribution in [3.8, 4) is 0 Å². The third-order valence-corrected chi connectivity index (χ3v) is 0. The first-order valence-corrected chi connectivity index (χ1v) is 6.00. The molecule has 12 nitrogen and oxygen atoms in total. The second-order valence-corrected chi connectivity index (χ2v) is 3.67. The van der Waals surface area contributed by atoms with Crippen LogP contribution in [0.4, 0.5) is 0 Å². The van der Waals surface area contributed by atoms with Crippen molar-refractivity contribution >= 4 is 82.9 Å². The first-order chi connectivity index (χ1) is 6.00. The fourth-order valence-corrected chi connectivity index (χ4v) is 0. The predicted molar refractivity (Wildman–Crippen MR) is 42.9 cm³/mol. The minimum absolute atomic E-state index is 0. The Kier molecular flexibility index (Phi) is 41.5. The maximum Gasteiger partial charge on any atom is 3.00 e. The molecule has 0 aromatic carbocycles. The summed E-state index contributed by atoms with van der Waals surface area (Å²) in [5, 5.41) is 0. The van der Waals surface area contributed by atoms with Crippen LogP contribution in [0.5, 0.6) is 0 Å². The van der Waals surface area contributed by atoms with E-state index in [0.717, 1.165) is 0 Å². The molecule has 0 amide bonds. The Morgan fingerprint density at radius 2 is 0.421 bits per heavy atom. The van der Waals surface area contributed by atoms with Crippen LogP contribution in [0.15, 0.2) is 0 Å². The van der Waals surface area contributed by atoms with Gasteiger partial charge in [-0.15, -0.1) is 0 Å². The molecule has 19 heteroatoms. The van der Waals surface area contributed by atoms with Gasteiger partial charge in [-0.3, -0.25) is 25.3 Å². The van der Waals surface area contributed by atoms with Gasteiger partial charge >= 0.3 is 51.7 Å². The van der Waals surface area contributed by atoms with E-state index in [1.807, 2.05) is 0 Å². The van der Waals surface area contributed by atoms with E-state index in [1.165, 1.54) is 0 Å². The van der Waals surface area contributed by atoms with Gasteiger partial charge in [-0.2, -0.15) is 0 Å². The van der Waals surface area contributed by atoms with Crippen molar-refractivity contribution in [3.05, 3.63) is 0 Å². The van der Waals surface area contributed by atoms with Gasteiger partial charge < -0.3 is 27.3 Å². The van der Waals surface area contributed by atoms with Crippen LogP contribution >= 0.6 is 0 Å². The van der Waals surface area contributed by atoms with E-state index in [9.17, 15) is 0 Å². The van der Waals surface area contributed by atoms with Crippen LogP contribution in [0.2, 0.25) is 0 Å². The normalized spacial score (nSPS) is 9.16. The molecular formula is In2Ni2O12S3. The molecule has 0 aromatic heterocycles. The Bertz CT molecular complexity index is 350. The summed E-state index contributed by atoms with van der Waals surface area (Å²) in [7, 11) is -15.5. The van der Waals surface area contributed by atoms with Crippen molar-refractivity contribution in [2.75, 3.05) is 0 Å². The topological polar surface area (TPSA) is 241 Å². The summed E-state index contributed by atoms with van der Waals surface area (Å²) in [6.45, 7) is 0. The molecule has 0 N–H and O–H groups in total. The zero-order valence-corrected chi connectivity index (χ0v) is 18.9. The van der Waals surface area contributed by atoms with Gasteiger partial charge in [0.05, 0.1) is 0 Å². The molecule has 0 saturated heterocycles. The largest absolute Gasteiger partial charge is 3.00 e. The van der Waals surface area contributed by atoms with E-state index in [1.54, 1.807) is 0 Å². The molecule has 0 aromatic rings. The van der Waals surface area contributed by atoms with Gasteiger partial charge in [0.2, 0.25) is 0 Å². The van der Waals surface area contributed by atoms with Crippen LogP contribution in [-0.2, 0) is 64.2 Å². The summed E-state index contributed by atoms with van der Waals surface area (Å²) in [6, 6.07) is 0. The van der Waals surface area contributed by atoms with Crippen molar-refractivity contribution in [2.45, 2.75) is 0 Å². The summed E-state index contributed by atoms with van der Waals surface area (Å²) < 4.78 is 102. The van der Waals surface area contributed by atoms with Crippen LogP contribution in [0.25, 0.3) is 0 Å². The van der Waals surface area contributed by atoms with Gasteiger partial charge in [0.1, 0.15) is 0 Å². The second-order valence-electron chi connectivity index (χ2n) is 1.22. The Labute approximate surface area is 166 Å². The maximum absolute atomic E-state index is 8.52. The van der Waals surface area contributed by atoms with Gasteiger partial charge in [0, 0.05) is 64.2 Å². The molecule has 0 aliphatic carbocycles. The molecule has 116 valence electrons. The second kappa shape index (κ2) is 18.4. The third kappa shape index (κ3) is 1250. The zero-order chi connectivity index (χ0) is 13.5. The molecule has 0 aliphatic rings. The molecule has 0 rings (SSSR count). The number of rotatable bonds is 0. The summed E-state index contributed by atoms with van der Waals surface area (Å²) in [5.74, 6) is 0. The van der Waals surface area contributed by atoms with Crippen molar-refractivity contribution in [1.82, 2.24) is 0 Å². The van der Waals surface area contributed by atoms with Crippen LogP contribution < -0.4 is 0 Å². The van der Waals surface area contributed by atoms with Gasteiger partial charge in [0.15, 0.2) is 0 Å². The maximum atomic E-state index is 8.52. The monoisotopic (exact) mass is 634 g/mol. The molecule has 0 atom stereocenters. The van der Waals surface area contributed by atoms with Crippen LogP contribution in [-0.4, -0.2) is 104 Å². The molecule has 0 bridgehead atoms. The molecule has 0 unspecified atom stereocenters. The van der Waals surface area contributed by atoms with Crippen molar-refractivity contribution in [2.24, 2.45) is 0 Å². The van der Waals surface area contributed by atoms with Crippen molar-refractivity contribution in [3.63, 3.8) is 0 Å². The molecule has 0 aliphatic heterocycles. The van der Waals surface area contributed by atoms with Crippen LogP contribution in [0, 0.1) is 0 Å². The average Bonchev–Trinajstić information content (AvgIpc) is 1.41. The van der Waals surface area contributed by atoms with E-state index in [4.69, 9.17) is 52.6 Å². The standard InChI is InChI=1S/2In.2Ni.3H2O4S/c;;;;3*1-5(2,3)4/h;;;;3*(H2,1,2,3,4)/q2*+3;;;;;/p-6. The van der Waals surface area contributed by atoms with E-state index in [-0.39, 0.29) is 84.7 Å². The van der Waals surface area contributed by atoms with E-state index in [0.29, 0.717) is 0 Å². The molecule has 0 radical (unpaired) electrons. The van der Waals surface area contributed by atoms with Gasteiger partial charge in [0.25, 0.3) is 0 Å². The van der Waals surface area contributed by atoms with Gasteiger partial charge in [-0.05, 0) is 0 Å². The Morgan fingerprint density at radius 1 is 0.421 bits per heavy atom. The fourth-order valence-electron chi connectivity index (χ4n) is 0. The Morgan fingerprint density at radius 3 is 0.421 bits per heavy atom. The van der Waals surface area contributed by atoms with E-state index >= 15 is 0 Å². The molecule has 0 heterocycles. The molecular weight excluding hydrogens is 635 g/mol. The summed E-state index contributed by atoms with van der Waals surface area (Å²) in [6.07, 6.45) is 0. The minimum Gasteiger partial charge on any atom is -0.759 e. The van der Waals surface area contributed by atoms with Crippen LogP contribution in [0.1, 0.15) is 0 Å². The first kappa shape index (κ1) is 42.9. The van der Waals surface area contributed by atoms with Crippen LogP contribution in [0.3, 0.4) is 0 Å². The zero-order valence-electron chi connectivity index (χ0n) is 7.91. The summed E-state index contributed by atoms with van der Waals surface area (Å²) in [5.41, 5.74) is 0. The molecule has 0 spiro atoms. The average molecular weight is 635 g/mol. The fraction of sp³-hybridized carbons (Fsp3) is 0. The smallest absolute Gasteiger partial charge is 0.759 e. The third-order valence-electron chi connectivity index (χ3n) is 0. The van der Waals surface area contributed by atoms with E-state index in [2.05, 4.69) is 0 Å². The summed E-state index contributed by atoms with van der Waals surface area (Å²) in [4.78, 5) is 0. The molecule has 0 fully saturated rings. The van der Waals surface area contributed by atoms with Crippen molar-refractivity contribution < 1.29 is 85.6 Å². The van der Waals surface area contributed by atoms with Gasteiger partial charge in [-0.1, -0.05) is 0 Å². The Balaban J connectivity index is -0.0000000206. The van der Waals surface area contributed by atoms with Gasteiger partial charge in [-0.25, -0.2) is 0 Å². The first-order valence-electron chi connectivity index (χ1n) is 2.00. The predicted octanol–water partition coefficient (Wildman–Crippen LogP) is -4.78. The number of hydrogen-bond donors (Lipinski definition) is 0. The molecule has 0 saturated carbocycles. The Hall–Kier alpha value is 2.34. The number of hydrogen-bond acceptors (Lipinski definition) is 12. The molecule has 19 heavy (non-hydrogen) atoms. The van der Waals surface area contributed by atoms with E-state index < -0.39 is 31.2 Å². The minimum atomic E-state index is -5.17. The van der Waals surface area contributed by atoms with Crippen molar-refractivity contribution in [1.29, 1.82) is 0 Å². The summed E-state index contributed by atoms with van der Waals surface area (Å²) >= 11 is 0. The quantitative estimate of drug-likeness (QED) is 0.138. The SMILES string of the molecule is O=S(=O)([O-])[O-].O=S(=O)([O-])[O-].O=S(=O)([O-])[O-].[In+3].[In+3].[Ni].[Ni].